The van der Waals surface area contributed by atoms with Gasteiger partial charge in [0.1, 0.15) is 36.3 Å². The number of nitrogens with zero attached hydrogens (tertiary/aromatic N) is 1. The summed E-state index contributed by atoms with van der Waals surface area (Å²) in [4.78, 5) is 102. The number of carboxylic acid groups (broad SMARTS) is 1. The molecule has 0 bridgehead atoms. The van der Waals surface area contributed by atoms with E-state index in [1.54, 1.807) is 0 Å². The van der Waals surface area contributed by atoms with E-state index in [9.17, 15) is 48.6 Å². The first kappa shape index (κ1) is 42.7. The zero-order valence-electron chi connectivity index (χ0n) is 29.1. The van der Waals surface area contributed by atoms with E-state index in [0.717, 1.165) is 0 Å². The lowest BCUT2D eigenvalue weighted by atomic mass is 10.0. The quantitative estimate of drug-likeness (QED) is 0.0626. The fourth-order valence-electron chi connectivity index (χ4n) is 5.14. The Labute approximate surface area is 286 Å². The van der Waals surface area contributed by atoms with Crippen LogP contribution in [-0.2, 0) is 38.4 Å². The van der Waals surface area contributed by atoms with Crippen molar-refractivity contribution < 1.29 is 48.6 Å². The Kier molecular flexibility index (Phi) is 17.6. The molecule has 1 rings (SSSR count). The van der Waals surface area contributed by atoms with Crippen molar-refractivity contribution in [2.45, 2.75) is 122 Å². The Bertz CT molecular complexity index is 1210. The Morgan fingerprint density at radius 2 is 1.35 bits per heavy atom. The summed E-state index contributed by atoms with van der Waals surface area (Å²) in [5, 5.41) is 31.4. The minimum Gasteiger partial charge on any atom is -0.480 e. The molecule has 7 amide bonds. The number of nitrogens with one attached hydrogen (secondary N) is 5. The predicted molar refractivity (Wildman–Crippen MR) is 176 cm³/mol. The highest BCUT2D eigenvalue weighted by Crippen LogP contribution is 2.20. The number of nitrogens with two attached hydrogens (primary N) is 2. The van der Waals surface area contributed by atoms with Gasteiger partial charge in [-0.3, -0.25) is 33.6 Å². The van der Waals surface area contributed by atoms with E-state index in [0.29, 0.717) is 12.8 Å². The third-order valence-corrected chi connectivity index (χ3v) is 7.81. The first-order valence-electron chi connectivity index (χ1n) is 16.5. The second-order valence-electron chi connectivity index (χ2n) is 13.2. The van der Waals surface area contributed by atoms with Crippen molar-refractivity contribution >= 4 is 47.3 Å². The number of rotatable bonds is 20. The van der Waals surface area contributed by atoms with E-state index in [1.165, 1.54) is 18.7 Å². The lowest BCUT2D eigenvalue weighted by molar-refractivity contribution is -0.149. The zero-order chi connectivity index (χ0) is 37.6. The summed E-state index contributed by atoms with van der Waals surface area (Å²) in [6.07, 6.45) is -0.499. The number of carbonyl (C=O) groups is 8. The maximum absolute atomic E-state index is 13.2. The normalized spacial score (nSPS) is 18.0. The molecule has 0 radical (unpaired) electrons. The number of primary amides is 1. The van der Waals surface area contributed by atoms with Crippen molar-refractivity contribution in [3.8, 4) is 0 Å². The molecular formula is C31H54N8O10. The molecule has 0 aromatic rings. The number of amides is 7. The molecule has 278 valence electrons. The van der Waals surface area contributed by atoms with Crippen LogP contribution in [-0.4, -0.2) is 118 Å². The van der Waals surface area contributed by atoms with Gasteiger partial charge in [-0.15, -0.1) is 0 Å². The van der Waals surface area contributed by atoms with E-state index in [2.05, 4.69) is 26.6 Å². The van der Waals surface area contributed by atoms with Crippen LogP contribution in [0.3, 0.4) is 0 Å². The van der Waals surface area contributed by atoms with Crippen LogP contribution in [0.2, 0.25) is 0 Å². The highest BCUT2D eigenvalue weighted by atomic mass is 16.4. The average Bonchev–Trinajstić information content (AvgIpc) is 3.50. The van der Waals surface area contributed by atoms with Gasteiger partial charge in [0, 0.05) is 13.0 Å². The summed E-state index contributed by atoms with van der Waals surface area (Å²) in [6.45, 7) is 9.56. The standard InChI is InChI=1S/C31H54N8O10/c1-15(2)12-20(38-29(46)25(33)18(6)40)28(45)35-17(5)26(43)37-19(9-10-23(32)41)27(44)34-14-24(42)36-21(13-16(3)4)30(47)39-11-7-8-22(39)31(48)49/h15-22,25,40H,7-14,33H2,1-6H3,(H2,32,41)(H,34,44)(H,35,45)(H,36,42)(H,37,43)(H,38,46)(H,48,49)/t17-,18+,19-,20-,21-,22-,25-/m0/s1. The summed E-state index contributed by atoms with van der Waals surface area (Å²) < 4.78 is 0. The molecule has 1 heterocycles. The maximum atomic E-state index is 13.2. The van der Waals surface area contributed by atoms with Crippen molar-refractivity contribution in [1.29, 1.82) is 0 Å². The zero-order valence-corrected chi connectivity index (χ0v) is 29.1. The van der Waals surface area contributed by atoms with E-state index in [-0.39, 0.29) is 44.1 Å². The summed E-state index contributed by atoms with van der Waals surface area (Å²) in [7, 11) is 0. The molecule has 1 aliphatic heterocycles. The molecule has 0 unspecified atom stereocenters. The lowest BCUT2D eigenvalue weighted by Crippen LogP contribution is -2.58. The van der Waals surface area contributed by atoms with Crippen molar-refractivity contribution in [3.63, 3.8) is 0 Å². The van der Waals surface area contributed by atoms with E-state index in [1.807, 2.05) is 27.7 Å². The summed E-state index contributed by atoms with van der Waals surface area (Å²) in [6, 6.07) is -6.98. The first-order valence-corrected chi connectivity index (χ1v) is 16.5. The molecule has 0 saturated carbocycles. The molecule has 0 spiro atoms. The molecule has 7 atom stereocenters. The fourth-order valence-corrected chi connectivity index (χ4v) is 5.14. The second kappa shape index (κ2) is 20.3. The Morgan fingerprint density at radius 3 is 1.88 bits per heavy atom. The lowest BCUT2D eigenvalue weighted by Gasteiger charge is -2.28. The summed E-state index contributed by atoms with van der Waals surface area (Å²) in [5.41, 5.74) is 10.9. The molecule has 1 fully saturated rings. The highest BCUT2D eigenvalue weighted by molar-refractivity contribution is 5.96. The van der Waals surface area contributed by atoms with Crippen LogP contribution in [0, 0.1) is 11.8 Å². The van der Waals surface area contributed by atoms with Gasteiger partial charge < -0.3 is 53.2 Å². The van der Waals surface area contributed by atoms with Crippen molar-refractivity contribution in [3.05, 3.63) is 0 Å². The smallest absolute Gasteiger partial charge is 0.326 e. The number of hydrogen-bond donors (Lipinski definition) is 9. The molecule has 11 N–H and O–H groups in total. The average molecular weight is 699 g/mol. The van der Waals surface area contributed by atoms with Gasteiger partial charge >= 0.3 is 5.97 Å². The molecular weight excluding hydrogens is 644 g/mol. The fraction of sp³-hybridized carbons (Fsp3) is 0.742. The number of likely N-dealkylation sites (tertiary alicyclic amines) is 1. The SMILES string of the molecule is CC(C)C[C@H](NC(=O)[C@@H](N)[C@@H](C)O)C(=O)N[C@@H](C)C(=O)N[C@@H](CCC(N)=O)C(=O)NCC(=O)N[C@@H](CC(C)C)C(=O)N1CCC[C@H]1C(=O)O. The highest BCUT2D eigenvalue weighted by Gasteiger charge is 2.38. The number of hydrogen-bond acceptors (Lipinski definition) is 10. The molecule has 18 nitrogen and oxygen atoms in total. The van der Waals surface area contributed by atoms with Crippen LogP contribution < -0.4 is 38.1 Å². The second-order valence-corrected chi connectivity index (χ2v) is 13.2. The van der Waals surface area contributed by atoms with Gasteiger partial charge in [0.2, 0.25) is 41.4 Å². The topological polar surface area (TPSA) is 292 Å². The van der Waals surface area contributed by atoms with E-state index < -0.39 is 96.2 Å². The van der Waals surface area contributed by atoms with Gasteiger partial charge in [0.15, 0.2) is 0 Å². The van der Waals surface area contributed by atoms with Crippen molar-refractivity contribution in [2.24, 2.45) is 23.3 Å². The van der Waals surface area contributed by atoms with Crippen LogP contribution in [0.5, 0.6) is 0 Å². The van der Waals surface area contributed by atoms with Crippen molar-refractivity contribution in [2.75, 3.05) is 13.1 Å². The summed E-state index contributed by atoms with van der Waals surface area (Å²) >= 11 is 0. The van der Waals surface area contributed by atoms with Crippen molar-refractivity contribution in [1.82, 2.24) is 31.5 Å². The minimum atomic E-state index is -1.35. The third-order valence-electron chi connectivity index (χ3n) is 7.81. The molecule has 0 aromatic heterocycles. The van der Waals surface area contributed by atoms with Gasteiger partial charge in [-0.1, -0.05) is 27.7 Å². The van der Waals surface area contributed by atoms with Gasteiger partial charge in [-0.2, -0.15) is 0 Å². The summed E-state index contributed by atoms with van der Waals surface area (Å²) in [5.74, 6) is -6.42. The largest absolute Gasteiger partial charge is 0.480 e. The number of aliphatic hydroxyl groups is 1. The Morgan fingerprint density at radius 1 is 0.776 bits per heavy atom. The van der Waals surface area contributed by atoms with Crippen LogP contribution >= 0.6 is 0 Å². The number of aliphatic carboxylic acids is 1. The third kappa shape index (κ3) is 14.8. The maximum Gasteiger partial charge on any atom is 0.326 e. The first-order chi connectivity index (χ1) is 22.7. The van der Waals surface area contributed by atoms with Gasteiger partial charge in [-0.25, -0.2) is 4.79 Å². The molecule has 49 heavy (non-hydrogen) atoms. The van der Waals surface area contributed by atoms with Gasteiger partial charge in [0.05, 0.1) is 12.6 Å². The van der Waals surface area contributed by atoms with E-state index in [4.69, 9.17) is 11.5 Å². The molecule has 0 aliphatic carbocycles. The van der Waals surface area contributed by atoms with Crippen LogP contribution in [0.4, 0.5) is 0 Å². The number of carboxylic acids is 1. The molecule has 0 aromatic carbocycles. The number of carbonyl (C=O) groups excluding carboxylic acids is 7. The van der Waals surface area contributed by atoms with Crippen LogP contribution in [0.1, 0.15) is 80.1 Å². The Balaban J connectivity index is 2.93. The molecule has 18 heteroatoms. The van der Waals surface area contributed by atoms with Crippen LogP contribution in [0.25, 0.3) is 0 Å². The molecule has 1 aliphatic rings. The predicted octanol–water partition coefficient (Wildman–Crippen LogP) is -2.80. The Hall–Kier alpha value is -4.32. The van der Waals surface area contributed by atoms with Gasteiger partial charge in [0.25, 0.3) is 0 Å². The van der Waals surface area contributed by atoms with Crippen LogP contribution in [0.15, 0.2) is 0 Å². The van der Waals surface area contributed by atoms with E-state index >= 15 is 0 Å². The minimum absolute atomic E-state index is 0.0377. The molecule has 1 saturated heterocycles. The monoisotopic (exact) mass is 698 g/mol. The number of aliphatic hydroxyl groups excluding tert-OH is 1. The van der Waals surface area contributed by atoms with Gasteiger partial charge in [-0.05, 0) is 57.8 Å².